The zero-order chi connectivity index (χ0) is 20.5. The topological polar surface area (TPSA) is 92.4 Å². The maximum atomic E-state index is 13.5. The molecule has 1 aliphatic rings. The Hall–Kier alpha value is -2.67. The van der Waals surface area contributed by atoms with Crippen LogP contribution < -0.4 is 5.56 Å². The van der Waals surface area contributed by atoms with Crippen molar-refractivity contribution in [3.63, 3.8) is 0 Å². The van der Waals surface area contributed by atoms with Crippen LogP contribution in [0.25, 0.3) is 22.0 Å². The maximum absolute atomic E-state index is 13.5. The Balaban J connectivity index is 2.02. The Labute approximate surface area is 176 Å². The number of carboxylic acids is 1. The summed E-state index contributed by atoms with van der Waals surface area (Å²) in [6, 6.07) is 10.8. The van der Waals surface area contributed by atoms with E-state index in [-0.39, 0.29) is 10.2 Å². The van der Waals surface area contributed by atoms with Gasteiger partial charge in [0, 0.05) is 17.5 Å². The lowest BCUT2D eigenvalue weighted by atomic mass is 9.89. The van der Waals surface area contributed by atoms with E-state index in [1.807, 2.05) is 30.3 Å². The van der Waals surface area contributed by atoms with Gasteiger partial charge in [0.05, 0.1) is 5.52 Å². The minimum Gasteiger partial charge on any atom is -0.505 e. The second-order valence-corrected chi connectivity index (χ2v) is 8.26. The highest BCUT2D eigenvalue weighted by molar-refractivity contribution is 9.10. The summed E-state index contributed by atoms with van der Waals surface area (Å²) in [4.78, 5) is 29.0. The minimum absolute atomic E-state index is 0.167. The average Bonchev–Trinajstić information content (AvgIpc) is 2.73. The van der Waals surface area contributed by atoms with Crippen LogP contribution in [0.5, 0.6) is 5.75 Å². The molecule has 1 saturated carbocycles. The molecule has 150 valence electrons. The Morgan fingerprint density at radius 2 is 1.86 bits per heavy atom. The van der Waals surface area contributed by atoms with Gasteiger partial charge in [-0.25, -0.2) is 9.78 Å². The van der Waals surface area contributed by atoms with Gasteiger partial charge in [0.15, 0.2) is 11.4 Å². The lowest BCUT2D eigenvalue weighted by Gasteiger charge is -2.24. The second-order valence-electron chi connectivity index (χ2n) is 7.51. The fourth-order valence-corrected chi connectivity index (χ4v) is 4.78. The molecule has 0 bridgehead atoms. The SMILES string of the molecule is O=C(O)c1nc(Br)c2c(cc(-c3ccccc3)c(=O)n2CC2CCCCC2)c1O. The van der Waals surface area contributed by atoms with Crippen molar-refractivity contribution in [2.45, 2.75) is 38.6 Å². The zero-order valence-corrected chi connectivity index (χ0v) is 17.4. The van der Waals surface area contributed by atoms with Gasteiger partial charge >= 0.3 is 5.97 Å². The number of aromatic nitrogens is 2. The van der Waals surface area contributed by atoms with Crippen molar-refractivity contribution >= 4 is 32.8 Å². The third-order valence-corrected chi connectivity index (χ3v) is 6.18. The predicted molar refractivity (Wildman–Crippen MR) is 114 cm³/mol. The van der Waals surface area contributed by atoms with E-state index in [0.29, 0.717) is 28.9 Å². The lowest BCUT2D eigenvalue weighted by Crippen LogP contribution is -2.27. The van der Waals surface area contributed by atoms with Gasteiger partial charge in [0.2, 0.25) is 0 Å². The summed E-state index contributed by atoms with van der Waals surface area (Å²) < 4.78 is 1.89. The van der Waals surface area contributed by atoms with Gasteiger partial charge in [0.1, 0.15) is 4.60 Å². The summed E-state index contributed by atoms with van der Waals surface area (Å²) >= 11 is 3.34. The van der Waals surface area contributed by atoms with Crippen molar-refractivity contribution in [2.24, 2.45) is 5.92 Å². The molecular weight excluding hydrogens is 436 g/mol. The van der Waals surface area contributed by atoms with Crippen LogP contribution in [0, 0.1) is 5.92 Å². The molecule has 7 heteroatoms. The van der Waals surface area contributed by atoms with E-state index < -0.39 is 17.4 Å². The van der Waals surface area contributed by atoms with Crippen LogP contribution in [0.2, 0.25) is 0 Å². The Morgan fingerprint density at radius 1 is 1.17 bits per heavy atom. The largest absolute Gasteiger partial charge is 0.505 e. The van der Waals surface area contributed by atoms with Gasteiger partial charge in [0.25, 0.3) is 5.56 Å². The number of fused-ring (bicyclic) bond motifs is 1. The monoisotopic (exact) mass is 456 g/mol. The van der Waals surface area contributed by atoms with Crippen molar-refractivity contribution in [3.05, 3.63) is 57.0 Å². The van der Waals surface area contributed by atoms with Gasteiger partial charge in [-0.05, 0) is 46.3 Å². The first-order chi connectivity index (χ1) is 14.0. The van der Waals surface area contributed by atoms with E-state index in [1.54, 1.807) is 10.6 Å². The maximum Gasteiger partial charge on any atom is 0.358 e. The number of aromatic hydroxyl groups is 1. The lowest BCUT2D eigenvalue weighted by molar-refractivity contribution is 0.0687. The predicted octanol–water partition coefficient (Wildman–Crippen LogP) is 4.81. The number of aromatic carboxylic acids is 1. The molecule has 0 aliphatic heterocycles. The number of carboxylic acid groups (broad SMARTS) is 1. The molecule has 0 amide bonds. The molecule has 0 atom stereocenters. The summed E-state index contributed by atoms with van der Waals surface area (Å²) in [5.41, 5.74) is 0.980. The fourth-order valence-electron chi connectivity index (χ4n) is 4.18. The zero-order valence-electron chi connectivity index (χ0n) is 15.8. The molecule has 1 aromatic carbocycles. The summed E-state index contributed by atoms with van der Waals surface area (Å²) in [5, 5.41) is 20.4. The Bertz CT molecular complexity index is 1140. The van der Waals surface area contributed by atoms with Gasteiger partial charge in [-0.1, -0.05) is 49.6 Å². The van der Waals surface area contributed by atoms with Crippen molar-refractivity contribution in [1.29, 1.82) is 0 Å². The Kier molecular flexibility index (Phi) is 5.41. The summed E-state index contributed by atoms with van der Waals surface area (Å²) in [6.45, 7) is 0.516. The molecule has 3 aromatic rings. The summed E-state index contributed by atoms with van der Waals surface area (Å²) in [7, 11) is 0. The molecule has 4 rings (SSSR count). The molecule has 0 unspecified atom stereocenters. The van der Waals surface area contributed by atoms with Crippen LogP contribution in [0.1, 0.15) is 42.6 Å². The van der Waals surface area contributed by atoms with Gasteiger partial charge in [-0.15, -0.1) is 0 Å². The van der Waals surface area contributed by atoms with Crippen molar-refractivity contribution in [3.8, 4) is 16.9 Å². The van der Waals surface area contributed by atoms with E-state index in [2.05, 4.69) is 20.9 Å². The first-order valence-corrected chi connectivity index (χ1v) is 10.5. The first kappa shape index (κ1) is 19.6. The molecule has 2 aromatic heterocycles. The van der Waals surface area contributed by atoms with Crippen LogP contribution in [-0.2, 0) is 6.54 Å². The minimum atomic E-state index is -1.32. The number of carbonyl (C=O) groups is 1. The molecule has 0 spiro atoms. The molecule has 29 heavy (non-hydrogen) atoms. The fraction of sp³-hybridized carbons (Fsp3) is 0.318. The van der Waals surface area contributed by atoms with Crippen molar-refractivity contribution in [1.82, 2.24) is 9.55 Å². The molecule has 6 nitrogen and oxygen atoms in total. The number of rotatable bonds is 4. The van der Waals surface area contributed by atoms with Crippen LogP contribution >= 0.6 is 15.9 Å². The number of halogens is 1. The highest BCUT2D eigenvalue weighted by Crippen LogP contribution is 2.35. The number of pyridine rings is 2. The number of hydrogen-bond donors (Lipinski definition) is 2. The van der Waals surface area contributed by atoms with E-state index in [1.165, 1.54) is 6.42 Å². The third kappa shape index (κ3) is 3.67. The van der Waals surface area contributed by atoms with Crippen LogP contribution in [0.3, 0.4) is 0 Å². The molecule has 1 fully saturated rings. The molecular formula is C22H21BrN2O4. The van der Waals surface area contributed by atoms with Crippen LogP contribution in [0.4, 0.5) is 0 Å². The van der Waals surface area contributed by atoms with E-state index in [4.69, 9.17) is 0 Å². The van der Waals surface area contributed by atoms with Gasteiger partial charge in [-0.2, -0.15) is 0 Å². The normalized spacial score (nSPS) is 14.9. The van der Waals surface area contributed by atoms with Gasteiger partial charge in [-0.3, -0.25) is 4.79 Å². The molecule has 1 aliphatic carbocycles. The number of benzene rings is 1. The smallest absolute Gasteiger partial charge is 0.358 e. The average molecular weight is 457 g/mol. The highest BCUT2D eigenvalue weighted by atomic mass is 79.9. The van der Waals surface area contributed by atoms with Crippen molar-refractivity contribution < 1.29 is 15.0 Å². The molecule has 2 N–H and O–H groups in total. The standard InChI is InChI=1S/C22H21BrN2O4/c23-20-18-16(19(26)17(24-20)22(28)29)11-15(14-9-5-2-6-10-14)21(27)25(18)12-13-7-3-1-4-8-13/h2,5-6,9-11,13,26H,1,3-4,7-8,12H2,(H,28,29). The first-order valence-electron chi connectivity index (χ1n) is 9.72. The Morgan fingerprint density at radius 3 is 2.52 bits per heavy atom. The van der Waals surface area contributed by atoms with Crippen molar-refractivity contribution in [2.75, 3.05) is 0 Å². The second kappa shape index (κ2) is 7.99. The van der Waals surface area contributed by atoms with E-state index in [0.717, 1.165) is 31.2 Å². The molecule has 0 radical (unpaired) electrons. The number of hydrogen-bond acceptors (Lipinski definition) is 4. The quantitative estimate of drug-likeness (QED) is 0.549. The van der Waals surface area contributed by atoms with Gasteiger partial charge < -0.3 is 14.8 Å². The van der Waals surface area contributed by atoms with E-state index >= 15 is 0 Å². The summed E-state index contributed by atoms with van der Waals surface area (Å²) in [5.74, 6) is -1.38. The van der Waals surface area contributed by atoms with E-state index in [9.17, 15) is 19.8 Å². The highest BCUT2D eigenvalue weighted by Gasteiger charge is 2.24. The number of nitrogens with zero attached hydrogens (tertiary/aromatic N) is 2. The summed E-state index contributed by atoms with van der Waals surface area (Å²) in [6.07, 6.45) is 5.60. The van der Waals surface area contributed by atoms with Crippen LogP contribution in [0.15, 0.2) is 45.8 Å². The van der Waals surface area contributed by atoms with Crippen LogP contribution in [-0.4, -0.2) is 25.7 Å². The molecule has 0 saturated heterocycles. The third-order valence-electron chi connectivity index (χ3n) is 5.63. The molecule has 2 heterocycles.